The van der Waals surface area contributed by atoms with Crippen LogP contribution < -0.4 is 0 Å². The van der Waals surface area contributed by atoms with Gasteiger partial charge in [-0.25, -0.2) is 4.79 Å². The molecule has 4 nitrogen and oxygen atoms in total. The van der Waals surface area contributed by atoms with E-state index in [1.165, 1.54) is 7.11 Å². The van der Waals surface area contributed by atoms with Crippen molar-refractivity contribution in [2.24, 2.45) is 4.99 Å². The highest BCUT2D eigenvalue weighted by Gasteiger charge is 2.22. The van der Waals surface area contributed by atoms with Crippen LogP contribution in [-0.2, 0) is 4.74 Å². The summed E-state index contributed by atoms with van der Waals surface area (Å²) in [6, 6.07) is 14.5. The molecule has 0 radical (unpaired) electrons. The topological polar surface area (TPSA) is 55.7 Å². The second-order valence-electron chi connectivity index (χ2n) is 4.75. The Labute approximate surface area is 122 Å². The standard InChI is InChI=1S/C17H13NO3/c1-21-17(20)12-7-8-14-13(9-12)16(19)10-15(18-14)11-5-3-2-4-6-11/h2-9H,10H2,1H3. The Morgan fingerprint density at radius 3 is 2.62 bits per heavy atom. The number of esters is 1. The molecule has 2 aromatic carbocycles. The number of hydrogen-bond acceptors (Lipinski definition) is 4. The predicted molar refractivity (Wildman–Crippen MR) is 79.4 cm³/mol. The molecule has 0 unspecified atom stereocenters. The highest BCUT2D eigenvalue weighted by atomic mass is 16.5. The number of rotatable bonds is 2. The molecule has 3 rings (SSSR count). The lowest BCUT2D eigenvalue weighted by atomic mass is 9.95. The number of hydrogen-bond donors (Lipinski definition) is 0. The summed E-state index contributed by atoms with van der Waals surface area (Å²) in [4.78, 5) is 28.4. The summed E-state index contributed by atoms with van der Waals surface area (Å²) < 4.78 is 4.67. The van der Waals surface area contributed by atoms with Crippen molar-refractivity contribution >= 4 is 23.2 Å². The number of methoxy groups -OCH3 is 1. The first kappa shape index (κ1) is 13.2. The molecule has 104 valence electrons. The summed E-state index contributed by atoms with van der Waals surface area (Å²) in [5.74, 6) is -0.493. The van der Waals surface area contributed by atoms with E-state index in [0.717, 1.165) is 11.3 Å². The second-order valence-corrected chi connectivity index (χ2v) is 4.75. The van der Waals surface area contributed by atoms with Gasteiger partial charge in [0.25, 0.3) is 0 Å². The molecule has 0 aliphatic carbocycles. The summed E-state index contributed by atoms with van der Waals surface area (Å²) >= 11 is 0. The van der Waals surface area contributed by atoms with Crippen molar-refractivity contribution in [3.05, 3.63) is 65.2 Å². The van der Waals surface area contributed by atoms with Gasteiger partial charge in [0, 0.05) is 5.56 Å². The third kappa shape index (κ3) is 2.48. The van der Waals surface area contributed by atoms with Gasteiger partial charge in [-0.15, -0.1) is 0 Å². The molecule has 0 saturated carbocycles. The largest absolute Gasteiger partial charge is 0.465 e. The van der Waals surface area contributed by atoms with Gasteiger partial charge in [-0.3, -0.25) is 9.79 Å². The van der Waals surface area contributed by atoms with Crippen LogP contribution in [0.4, 0.5) is 5.69 Å². The molecule has 1 heterocycles. The Balaban J connectivity index is 2.05. The lowest BCUT2D eigenvalue weighted by Gasteiger charge is -2.15. The van der Waals surface area contributed by atoms with E-state index in [2.05, 4.69) is 9.73 Å². The van der Waals surface area contributed by atoms with Crippen molar-refractivity contribution in [2.45, 2.75) is 6.42 Å². The number of aliphatic imine (C=N–C) groups is 1. The Hall–Kier alpha value is -2.75. The van der Waals surface area contributed by atoms with Gasteiger partial charge in [0.2, 0.25) is 0 Å². The van der Waals surface area contributed by atoms with Crippen LogP contribution in [0, 0.1) is 0 Å². The van der Waals surface area contributed by atoms with Crippen LogP contribution >= 0.6 is 0 Å². The first-order chi connectivity index (χ1) is 10.2. The van der Waals surface area contributed by atoms with Gasteiger partial charge >= 0.3 is 5.97 Å². The molecule has 0 aromatic heterocycles. The molecule has 0 spiro atoms. The zero-order valence-corrected chi connectivity index (χ0v) is 11.5. The molecule has 1 aliphatic rings. The third-order valence-corrected chi connectivity index (χ3v) is 3.41. The average molecular weight is 279 g/mol. The van der Waals surface area contributed by atoms with E-state index in [4.69, 9.17) is 0 Å². The predicted octanol–water partition coefficient (Wildman–Crippen LogP) is 3.18. The van der Waals surface area contributed by atoms with Crippen LogP contribution in [0.5, 0.6) is 0 Å². The average Bonchev–Trinajstić information content (AvgIpc) is 2.54. The van der Waals surface area contributed by atoms with Gasteiger partial charge < -0.3 is 4.74 Å². The van der Waals surface area contributed by atoms with E-state index < -0.39 is 5.97 Å². The number of ketones is 1. The van der Waals surface area contributed by atoms with Gasteiger partial charge in [0.05, 0.1) is 30.5 Å². The monoisotopic (exact) mass is 279 g/mol. The molecule has 0 atom stereocenters. The van der Waals surface area contributed by atoms with Crippen LogP contribution in [0.25, 0.3) is 0 Å². The maximum Gasteiger partial charge on any atom is 0.337 e. The lowest BCUT2D eigenvalue weighted by Crippen LogP contribution is -2.15. The van der Waals surface area contributed by atoms with E-state index in [1.54, 1.807) is 18.2 Å². The molecular formula is C17H13NO3. The number of fused-ring (bicyclic) bond motifs is 1. The Morgan fingerprint density at radius 1 is 1.14 bits per heavy atom. The smallest absolute Gasteiger partial charge is 0.337 e. The Kier molecular flexibility index (Phi) is 3.36. The minimum absolute atomic E-state index is 0.0374. The van der Waals surface area contributed by atoms with Crippen LogP contribution in [0.3, 0.4) is 0 Å². The molecule has 0 saturated heterocycles. The Morgan fingerprint density at radius 2 is 1.90 bits per heavy atom. The zero-order chi connectivity index (χ0) is 14.8. The maximum atomic E-state index is 12.3. The van der Waals surface area contributed by atoms with Crippen molar-refractivity contribution in [3.8, 4) is 0 Å². The second kappa shape index (κ2) is 5.32. The van der Waals surface area contributed by atoms with Crippen molar-refractivity contribution in [3.63, 3.8) is 0 Å². The zero-order valence-electron chi connectivity index (χ0n) is 11.5. The summed E-state index contributed by atoms with van der Waals surface area (Å²) in [5.41, 5.74) is 3.12. The molecule has 0 N–H and O–H groups in total. The summed E-state index contributed by atoms with van der Waals surface area (Å²) in [5, 5.41) is 0. The van der Waals surface area contributed by atoms with Gasteiger partial charge in [-0.1, -0.05) is 30.3 Å². The van der Waals surface area contributed by atoms with Crippen LogP contribution in [0.1, 0.15) is 32.7 Å². The maximum absolute atomic E-state index is 12.3. The van der Waals surface area contributed by atoms with E-state index in [9.17, 15) is 9.59 Å². The van der Waals surface area contributed by atoms with Gasteiger partial charge in [0.1, 0.15) is 0 Å². The van der Waals surface area contributed by atoms with E-state index in [1.807, 2.05) is 30.3 Å². The summed E-state index contributed by atoms with van der Waals surface area (Å²) in [6.07, 6.45) is 0.238. The van der Waals surface area contributed by atoms with Crippen molar-refractivity contribution in [1.82, 2.24) is 0 Å². The molecule has 0 bridgehead atoms. The lowest BCUT2D eigenvalue weighted by molar-refractivity contribution is 0.0601. The summed E-state index contributed by atoms with van der Waals surface area (Å²) in [7, 11) is 1.31. The third-order valence-electron chi connectivity index (χ3n) is 3.41. The molecule has 2 aromatic rings. The normalized spacial score (nSPS) is 13.4. The van der Waals surface area contributed by atoms with Gasteiger partial charge in [0.15, 0.2) is 5.78 Å². The first-order valence-electron chi connectivity index (χ1n) is 6.57. The Bertz CT molecular complexity index is 748. The number of benzene rings is 2. The molecule has 4 heteroatoms. The quantitative estimate of drug-likeness (QED) is 0.793. The molecule has 21 heavy (non-hydrogen) atoms. The molecule has 0 amide bonds. The van der Waals surface area contributed by atoms with E-state index in [-0.39, 0.29) is 12.2 Å². The van der Waals surface area contributed by atoms with Crippen molar-refractivity contribution in [1.29, 1.82) is 0 Å². The van der Waals surface area contributed by atoms with Crippen LogP contribution in [0.15, 0.2) is 53.5 Å². The number of carbonyl (C=O) groups excluding carboxylic acids is 2. The van der Waals surface area contributed by atoms with Crippen LogP contribution in [0.2, 0.25) is 0 Å². The van der Waals surface area contributed by atoms with E-state index >= 15 is 0 Å². The summed E-state index contributed by atoms with van der Waals surface area (Å²) in [6.45, 7) is 0. The number of carbonyl (C=O) groups is 2. The van der Waals surface area contributed by atoms with Gasteiger partial charge in [-0.2, -0.15) is 0 Å². The minimum Gasteiger partial charge on any atom is -0.465 e. The molecular weight excluding hydrogens is 266 g/mol. The number of ether oxygens (including phenoxy) is 1. The fourth-order valence-electron chi connectivity index (χ4n) is 2.33. The van der Waals surface area contributed by atoms with Crippen molar-refractivity contribution < 1.29 is 14.3 Å². The highest BCUT2D eigenvalue weighted by molar-refractivity contribution is 6.21. The fourth-order valence-corrected chi connectivity index (χ4v) is 2.33. The number of Topliss-reactive ketones (excluding diaryl/α,β-unsaturated/α-hetero) is 1. The molecule has 0 fully saturated rings. The van der Waals surface area contributed by atoms with Crippen LogP contribution in [-0.4, -0.2) is 24.6 Å². The SMILES string of the molecule is COC(=O)c1ccc2c(c1)C(=O)CC(c1ccccc1)=N2. The fraction of sp³-hybridized carbons (Fsp3) is 0.118. The number of nitrogens with zero attached hydrogens (tertiary/aromatic N) is 1. The first-order valence-corrected chi connectivity index (χ1v) is 6.57. The van der Waals surface area contributed by atoms with Crippen molar-refractivity contribution in [2.75, 3.05) is 7.11 Å². The highest BCUT2D eigenvalue weighted by Crippen LogP contribution is 2.28. The van der Waals surface area contributed by atoms with Gasteiger partial charge in [-0.05, 0) is 23.8 Å². The van der Waals surface area contributed by atoms with E-state index in [0.29, 0.717) is 16.8 Å². The molecule has 1 aliphatic heterocycles. The minimum atomic E-state index is -0.455.